The number of hydrogen-bond acceptors (Lipinski definition) is 4. The van der Waals surface area contributed by atoms with Gasteiger partial charge in [-0.15, -0.1) is 0 Å². The second-order valence-electron chi connectivity index (χ2n) is 5.44. The summed E-state index contributed by atoms with van der Waals surface area (Å²) in [5.41, 5.74) is 4.33. The fraction of sp³-hybridized carbons (Fsp3) is 0.412. The van der Waals surface area contributed by atoms with Crippen molar-refractivity contribution in [3.63, 3.8) is 0 Å². The van der Waals surface area contributed by atoms with E-state index in [1.54, 1.807) is 7.11 Å². The van der Waals surface area contributed by atoms with Gasteiger partial charge in [0.25, 0.3) is 0 Å². The number of fused-ring (bicyclic) bond motifs is 1. The molecule has 0 saturated carbocycles. The largest absolute Gasteiger partial charge is 0.496 e. The van der Waals surface area contributed by atoms with Gasteiger partial charge in [-0.25, -0.2) is 4.79 Å². The van der Waals surface area contributed by atoms with Gasteiger partial charge in [0.15, 0.2) is 0 Å². The minimum Gasteiger partial charge on any atom is -0.496 e. The van der Waals surface area contributed by atoms with E-state index in [0.717, 1.165) is 28.0 Å². The summed E-state index contributed by atoms with van der Waals surface area (Å²) in [5.74, 6) is -0.339. The van der Waals surface area contributed by atoms with Gasteiger partial charge in [-0.1, -0.05) is 11.6 Å². The maximum atomic E-state index is 11.7. The van der Waals surface area contributed by atoms with E-state index in [9.17, 15) is 9.59 Å². The average molecular weight is 304 g/mol. The van der Waals surface area contributed by atoms with Gasteiger partial charge in [-0.2, -0.15) is 0 Å². The summed E-state index contributed by atoms with van der Waals surface area (Å²) < 4.78 is 10.6. The van der Waals surface area contributed by atoms with Crippen LogP contribution in [-0.2, 0) is 22.6 Å². The summed E-state index contributed by atoms with van der Waals surface area (Å²) in [6.07, 6.45) is 3.21. The van der Waals surface area contributed by atoms with Gasteiger partial charge in [-0.3, -0.25) is 4.79 Å². The van der Waals surface area contributed by atoms with E-state index in [0.29, 0.717) is 25.0 Å². The molecule has 118 valence electrons. The summed E-state index contributed by atoms with van der Waals surface area (Å²) in [6, 6.07) is 1.82. The first-order valence-corrected chi connectivity index (χ1v) is 7.18. The number of benzene rings is 1. The van der Waals surface area contributed by atoms with Crippen molar-refractivity contribution < 1.29 is 24.2 Å². The topological polar surface area (TPSA) is 72.8 Å². The average Bonchev–Trinajstić information content (AvgIpc) is 2.85. The van der Waals surface area contributed by atoms with E-state index < -0.39 is 5.97 Å². The Kier molecular flexibility index (Phi) is 4.85. The first-order valence-electron chi connectivity index (χ1n) is 7.18. The third kappa shape index (κ3) is 3.30. The van der Waals surface area contributed by atoms with Crippen molar-refractivity contribution in [1.29, 1.82) is 0 Å². The number of hydrogen-bond donors (Lipinski definition) is 1. The lowest BCUT2D eigenvalue weighted by molar-refractivity contribution is -0.136. The highest BCUT2D eigenvalue weighted by molar-refractivity contribution is 5.94. The molecule has 2 rings (SSSR count). The molecule has 1 aromatic carbocycles. The van der Waals surface area contributed by atoms with Crippen LogP contribution in [0.1, 0.15) is 46.8 Å². The summed E-state index contributed by atoms with van der Waals surface area (Å²) in [7, 11) is 1.61. The molecule has 0 fully saturated rings. The van der Waals surface area contributed by atoms with Crippen molar-refractivity contribution in [3.8, 4) is 5.75 Å². The number of aliphatic carboxylic acids is 1. The molecule has 1 aromatic rings. The normalized spacial score (nSPS) is 13.8. The zero-order valence-electron chi connectivity index (χ0n) is 13.1. The lowest BCUT2D eigenvalue weighted by Crippen LogP contribution is -2.01. The number of ether oxygens (including phenoxy) is 2. The third-order valence-electron chi connectivity index (χ3n) is 3.90. The number of carboxylic acid groups (broad SMARTS) is 1. The monoisotopic (exact) mass is 304 g/mol. The summed E-state index contributed by atoms with van der Waals surface area (Å²) >= 11 is 0. The van der Waals surface area contributed by atoms with Crippen molar-refractivity contribution in [2.75, 3.05) is 7.11 Å². The van der Waals surface area contributed by atoms with E-state index in [-0.39, 0.29) is 12.4 Å². The number of esters is 1. The number of carboxylic acids is 1. The van der Waals surface area contributed by atoms with Gasteiger partial charge in [-0.05, 0) is 43.9 Å². The summed E-state index contributed by atoms with van der Waals surface area (Å²) in [4.78, 5) is 22.3. The molecule has 0 unspecified atom stereocenters. The Hall–Kier alpha value is -2.30. The van der Waals surface area contributed by atoms with Gasteiger partial charge in [0.05, 0.1) is 12.7 Å². The maximum absolute atomic E-state index is 11.7. The van der Waals surface area contributed by atoms with Crippen LogP contribution in [0.2, 0.25) is 0 Å². The summed E-state index contributed by atoms with van der Waals surface area (Å²) in [6.45, 7) is 4.12. The Morgan fingerprint density at radius 1 is 1.45 bits per heavy atom. The molecule has 0 aromatic heterocycles. The lowest BCUT2D eigenvalue weighted by atomic mass is 9.96. The molecule has 0 atom stereocenters. The molecule has 1 N–H and O–H groups in total. The highest BCUT2D eigenvalue weighted by atomic mass is 16.5. The zero-order chi connectivity index (χ0) is 16.3. The van der Waals surface area contributed by atoms with Crippen LogP contribution in [-0.4, -0.2) is 24.2 Å². The zero-order valence-corrected chi connectivity index (χ0v) is 13.1. The minimum atomic E-state index is -0.804. The second-order valence-corrected chi connectivity index (χ2v) is 5.44. The van der Waals surface area contributed by atoms with Crippen molar-refractivity contribution >= 4 is 11.9 Å². The predicted octanol–water partition coefficient (Wildman–Crippen LogP) is 3.03. The Labute approximate surface area is 129 Å². The van der Waals surface area contributed by atoms with Crippen LogP contribution in [0.4, 0.5) is 0 Å². The Morgan fingerprint density at radius 2 is 2.18 bits per heavy atom. The molecular weight excluding hydrogens is 284 g/mol. The number of allylic oxidation sites excluding steroid dienone is 2. The highest BCUT2D eigenvalue weighted by Gasteiger charge is 2.26. The van der Waals surface area contributed by atoms with Gasteiger partial charge in [0, 0.05) is 12.0 Å². The molecule has 0 saturated heterocycles. The van der Waals surface area contributed by atoms with E-state index in [4.69, 9.17) is 14.6 Å². The van der Waals surface area contributed by atoms with E-state index in [1.807, 2.05) is 26.0 Å². The number of carbonyl (C=O) groups is 2. The van der Waals surface area contributed by atoms with Gasteiger partial charge < -0.3 is 14.6 Å². The van der Waals surface area contributed by atoms with Gasteiger partial charge in [0.1, 0.15) is 12.4 Å². The molecule has 5 nitrogen and oxygen atoms in total. The first-order chi connectivity index (χ1) is 10.4. The molecular formula is C17H20O5. The highest BCUT2D eigenvalue weighted by Crippen LogP contribution is 2.34. The SMILES string of the molecule is COc1c(C/C=C(\C)CCC(=O)O)cc2c(c1C)COC2=O. The fourth-order valence-corrected chi connectivity index (χ4v) is 2.62. The second kappa shape index (κ2) is 6.64. The molecule has 1 heterocycles. The van der Waals surface area contributed by atoms with Crippen LogP contribution in [0.15, 0.2) is 17.7 Å². The number of carbonyl (C=O) groups excluding carboxylic acids is 1. The molecule has 0 amide bonds. The standard InChI is InChI=1S/C17H20O5/c1-10(5-7-15(18)19)4-6-12-8-13-14(9-22-17(13)20)11(2)16(12)21-3/h4,8H,5-7,9H2,1-3H3,(H,18,19)/b10-4+. The molecule has 0 bridgehead atoms. The van der Waals surface area contributed by atoms with Gasteiger partial charge >= 0.3 is 11.9 Å². The molecule has 0 spiro atoms. The molecule has 1 aliphatic rings. The summed E-state index contributed by atoms with van der Waals surface area (Å²) in [5, 5.41) is 8.70. The Bertz CT molecular complexity index is 643. The number of cyclic esters (lactones) is 1. The van der Waals surface area contributed by atoms with Crippen molar-refractivity contribution in [2.45, 2.75) is 39.7 Å². The van der Waals surface area contributed by atoms with Crippen LogP contribution in [0, 0.1) is 6.92 Å². The van der Waals surface area contributed by atoms with E-state index in [1.165, 1.54) is 0 Å². The van der Waals surface area contributed by atoms with Crippen molar-refractivity contribution in [2.24, 2.45) is 0 Å². The molecule has 5 heteroatoms. The number of rotatable bonds is 6. The first kappa shape index (κ1) is 16.1. The van der Waals surface area contributed by atoms with Crippen LogP contribution in [0.5, 0.6) is 5.75 Å². The number of methoxy groups -OCH3 is 1. The minimum absolute atomic E-state index is 0.120. The molecule has 1 aliphatic heterocycles. The molecule has 22 heavy (non-hydrogen) atoms. The van der Waals surface area contributed by atoms with Crippen molar-refractivity contribution in [3.05, 3.63) is 40.0 Å². The Balaban J connectivity index is 2.26. The predicted molar refractivity (Wildman–Crippen MR) is 81.2 cm³/mol. The maximum Gasteiger partial charge on any atom is 0.338 e. The lowest BCUT2D eigenvalue weighted by Gasteiger charge is -2.13. The van der Waals surface area contributed by atoms with E-state index >= 15 is 0 Å². The smallest absolute Gasteiger partial charge is 0.338 e. The van der Waals surface area contributed by atoms with Crippen LogP contribution in [0.3, 0.4) is 0 Å². The van der Waals surface area contributed by atoms with Crippen LogP contribution < -0.4 is 4.74 Å². The van der Waals surface area contributed by atoms with Gasteiger partial charge in [0.2, 0.25) is 0 Å². The third-order valence-corrected chi connectivity index (χ3v) is 3.90. The Morgan fingerprint density at radius 3 is 2.82 bits per heavy atom. The quantitative estimate of drug-likeness (QED) is 0.646. The van der Waals surface area contributed by atoms with Crippen molar-refractivity contribution in [1.82, 2.24) is 0 Å². The molecule has 0 aliphatic carbocycles. The van der Waals surface area contributed by atoms with Crippen LogP contribution >= 0.6 is 0 Å². The van der Waals surface area contributed by atoms with Crippen LogP contribution in [0.25, 0.3) is 0 Å². The fourth-order valence-electron chi connectivity index (χ4n) is 2.62. The van der Waals surface area contributed by atoms with E-state index in [2.05, 4.69) is 0 Å². The molecule has 0 radical (unpaired) electrons.